The third kappa shape index (κ3) is 1.81. The molecule has 1 atom stereocenters. The van der Waals surface area contributed by atoms with Crippen LogP contribution >= 0.6 is 0 Å². The maximum absolute atomic E-state index is 5.78. The molecule has 1 aliphatic heterocycles. The van der Waals surface area contributed by atoms with Gasteiger partial charge in [0, 0.05) is 19.1 Å². The van der Waals surface area contributed by atoms with Crippen LogP contribution in [0.1, 0.15) is 11.1 Å². The van der Waals surface area contributed by atoms with Gasteiger partial charge in [0.05, 0.1) is 0 Å². The molecule has 0 aliphatic carbocycles. The van der Waals surface area contributed by atoms with E-state index >= 15 is 0 Å². The van der Waals surface area contributed by atoms with Crippen LogP contribution < -0.4 is 5.73 Å². The first-order chi connectivity index (χ1) is 6.81. The number of benzene rings is 1. The lowest BCUT2D eigenvalue weighted by atomic mass is 10.0. The van der Waals surface area contributed by atoms with Gasteiger partial charge in [0.1, 0.15) is 0 Å². The van der Waals surface area contributed by atoms with Gasteiger partial charge in [-0.2, -0.15) is 0 Å². The zero-order valence-electron chi connectivity index (χ0n) is 8.74. The van der Waals surface area contributed by atoms with Crippen LogP contribution in [0.3, 0.4) is 0 Å². The molecule has 1 unspecified atom stereocenters. The Labute approximate surface area is 85.7 Å². The lowest BCUT2D eigenvalue weighted by molar-refractivity contribution is 0.256. The van der Waals surface area contributed by atoms with Crippen molar-refractivity contribution in [2.24, 2.45) is 5.73 Å². The number of hydrogen-bond donors (Lipinski definition) is 1. The van der Waals surface area contributed by atoms with Gasteiger partial charge in [0.15, 0.2) is 0 Å². The fourth-order valence-corrected chi connectivity index (χ4v) is 2.15. The molecular formula is C12H18N2. The van der Waals surface area contributed by atoms with Crippen molar-refractivity contribution in [3.8, 4) is 0 Å². The van der Waals surface area contributed by atoms with Crippen molar-refractivity contribution < 1.29 is 0 Å². The van der Waals surface area contributed by atoms with Crippen LogP contribution in [-0.2, 0) is 12.8 Å². The molecule has 1 aliphatic rings. The zero-order chi connectivity index (χ0) is 9.97. The number of likely N-dealkylation sites (N-methyl/N-ethyl adjacent to an activating group) is 1. The zero-order valence-corrected chi connectivity index (χ0v) is 8.74. The van der Waals surface area contributed by atoms with Gasteiger partial charge in [-0.25, -0.2) is 0 Å². The van der Waals surface area contributed by atoms with Crippen molar-refractivity contribution >= 4 is 0 Å². The van der Waals surface area contributed by atoms with E-state index < -0.39 is 0 Å². The Balaban J connectivity index is 2.26. The standard InChI is InChI=1S/C12H18N2/c1-14-7-6-10-4-2-3-5-11(10)8-12(14)9-13/h2-5,12H,6-9,13H2,1H3. The highest BCUT2D eigenvalue weighted by Crippen LogP contribution is 2.18. The summed E-state index contributed by atoms with van der Waals surface area (Å²) in [5.41, 5.74) is 8.75. The number of fused-ring (bicyclic) bond motifs is 1. The summed E-state index contributed by atoms with van der Waals surface area (Å²) in [4.78, 5) is 2.38. The molecule has 0 fully saturated rings. The third-order valence-corrected chi connectivity index (χ3v) is 3.20. The van der Waals surface area contributed by atoms with Gasteiger partial charge in [-0.3, -0.25) is 0 Å². The second-order valence-corrected chi connectivity index (χ2v) is 4.09. The summed E-state index contributed by atoms with van der Waals surface area (Å²) in [5.74, 6) is 0. The molecular weight excluding hydrogens is 172 g/mol. The summed E-state index contributed by atoms with van der Waals surface area (Å²) in [5, 5.41) is 0. The highest BCUT2D eigenvalue weighted by Gasteiger charge is 2.18. The molecule has 2 N–H and O–H groups in total. The van der Waals surface area contributed by atoms with E-state index in [-0.39, 0.29) is 0 Å². The number of nitrogens with zero attached hydrogens (tertiary/aromatic N) is 1. The van der Waals surface area contributed by atoms with Crippen LogP contribution in [0.25, 0.3) is 0 Å². The summed E-state index contributed by atoms with van der Waals surface area (Å²) < 4.78 is 0. The third-order valence-electron chi connectivity index (χ3n) is 3.20. The van der Waals surface area contributed by atoms with Crippen molar-refractivity contribution in [2.75, 3.05) is 20.1 Å². The lowest BCUT2D eigenvalue weighted by Crippen LogP contribution is -2.39. The number of hydrogen-bond acceptors (Lipinski definition) is 2. The first-order valence-electron chi connectivity index (χ1n) is 5.28. The van der Waals surface area contributed by atoms with Gasteiger partial charge in [0.2, 0.25) is 0 Å². The van der Waals surface area contributed by atoms with Crippen molar-refractivity contribution in [1.29, 1.82) is 0 Å². The van der Waals surface area contributed by atoms with Crippen LogP contribution in [0.15, 0.2) is 24.3 Å². The van der Waals surface area contributed by atoms with Gasteiger partial charge in [-0.05, 0) is 31.0 Å². The predicted octanol–water partition coefficient (Wildman–Crippen LogP) is 1.04. The molecule has 1 aromatic carbocycles. The summed E-state index contributed by atoms with van der Waals surface area (Å²) in [7, 11) is 2.17. The number of nitrogens with two attached hydrogens (primary N) is 1. The van der Waals surface area contributed by atoms with Crippen LogP contribution in [-0.4, -0.2) is 31.1 Å². The molecule has 0 saturated heterocycles. The summed E-state index contributed by atoms with van der Waals surface area (Å²) in [6, 6.07) is 9.23. The molecule has 0 spiro atoms. The maximum Gasteiger partial charge on any atom is 0.0255 e. The summed E-state index contributed by atoms with van der Waals surface area (Å²) in [6.07, 6.45) is 2.26. The van der Waals surface area contributed by atoms with Crippen LogP contribution in [0.4, 0.5) is 0 Å². The molecule has 0 aromatic heterocycles. The lowest BCUT2D eigenvalue weighted by Gasteiger charge is -2.23. The van der Waals surface area contributed by atoms with Gasteiger partial charge < -0.3 is 10.6 Å². The molecule has 0 radical (unpaired) electrons. The molecule has 0 saturated carbocycles. The van der Waals surface area contributed by atoms with E-state index in [0.29, 0.717) is 6.04 Å². The quantitative estimate of drug-likeness (QED) is 0.717. The van der Waals surface area contributed by atoms with Crippen LogP contribution in [0.5, 0.6) is 0 Å². The minimum absolute atomic E-state index is 0.513. The average molecular weight is 190 g/mol. The summed E-state index contributed by atoms with van der Waals surface area (Å²) in [6.45, 7) is 1.88. The van der Waals surface area contributed by atoms with Crippen molar-refractivity contribution in [3.05, 3.63) is 35.4 Å². The Hall–Kier alpha value is -0.860. The smallest absolute Gasteiger partial charge is 0.0255 e. The molecule has 2 nitrogen and oxygen atoms in total. The topological polar surface area (TPSA) is 29.3 Å². The molecule has 2 heteroatoms. The SMILES string of the molecule is CN1CCc2ccccc2CC1CN. The Morgan fingerprint density at radius 1 is 1.36 bits per heavy atom. The van der Waals surface area contributed by atoms with E-state index in [1.54, 1.807) is 0 Å². The Bertz CT molecular complexity index is 309. The summed E-state index contributed by atoms with van der Waals surface area (Å²) >= 11 is 0. The van der Waals surface area contributed by atoms with Gasteiger partial charge in [0.25, 0.3) is 0 Å². The number of rotatable bonds is 1. The molecule has 1 heterocycles. The fourth-order valence-electron chi connectivity index (χ4n) is 2.15. The van der Waals surface area contributed by atoms with Crippen molar-refractivity contribution in [2.45, 2.75) is 18.9 Å². The van der Waals surface area contributed by atoms with E-state index in [4.69, 9.17) is 5.73 Å². The average Bonchev–Trinajstić information content (AvgIpc) is 2.38. The Morgan fingerprint density at radius 3 is 2.79 bits per heavy atom. The van der Waals surface area contributed by atoms with E-state index in [0.717, 1.165) is 25.9 Å². The van der Waals surface area contributed by atoms with Gasteiger partial charge in [-0.1, -0.05) is 24.3 Å². The van der Waals surface area contributed by atoms with Crippen LogP contribution in [0, 0.1) is 0 Å². The molecule has 14 heavy (non-hydrogen) atoms. The Kier molecular flexibility index (Phi) is 2.85. The first-order valence-corrected chi connectivity index (χ1v) is 5.28. The molecule has 0 bridgehead atoms. The predicted molar refractivity (Wildman–Crippen MR) is 59.3 cm³/mol. The monoisotopic (exact) mass is 190 g/mol. The van der Waals surface area contributed by atoms with Crippen molar-refractivity contribution in [1.82, 2.24) is 4.90 Å². The van der Waals surface area contributed by atoms with Gasteiger partial charge in [-0.15, -0.1) is 0 Å². The molecule has 76 valence electrons. The second-order valence-electron chi connectivity index (χ2n) is 4.09. The first kappa shape index (κ1) is 9.69. The normalized spacial score (nSPS) is 22.9. The minimum atomic E-state index is 0.513. The van der Waals surface area contributed by atoms with Gasteiger partial charge >= 0.3 is 0 Å². The second kappa shape index (κ2) is 4.11. The molecule has 1 aromatic rings. The van der Waals surface area contributed by atoms with Crippen molar-refractivity contribution in [3.63, 3.8) is 0 Å². The largest absolute Gasteiger partial charge is 0.329 e. The Morgan fingerprint density at radius 2 is 2.07 bits per heavy atom. The van der Waals surface area contributed by atoms with E-state index in [2.05, 4.69) is 36.2 Å². The minimum Gasteiger partial charge on any atom is -0.329 e. The van der Waals surface area contributed by atoms with Crippen LogP contribution in [0.2, 0.25) is 0 Å². The van der Waals surface area contributed by atoms with E-state index in [9.17, 15) is 0 Å². The highest BCUT2D eigenvalue weighted by molar-refractivity contribution is 5.29. The molecule has 2 rings (SSSR count). The highest BCUT2D eigenvalue weighted by atomic mass is 15.1. The maximum atomic E-state index is 5.78. The fraction of sp³-hybridized carbons (Fsp3) is 0.500. The van der Waals surface area contributed by atoms with E-state index in [1.165, 1.54) is 11.1 Å². The van der Waals surface area contributed by atoms with E-state index in [1.807, 2.05) is 0 Å². The molecule has 0 amide bonds.